The number of hydrogen-bond donors (Lipinski definition) is 3. The standard InChI is InChI=1S/C24H22N6O4S/c1-15-29-30-23(34-15)19-13-25-24(28-22(19)27-20(14-31)16-6-3-2-4-7-16)26-18-9-10-21-17(12-18)8-5-11-35(21,32)33/h2-10,12-13,20,31H,11,14H2,1H3,(H2,25,26,27,28)/t20-/m1/s1. The van der Waals surface area contributed by atoms with Crippen LogP contribution in [0.3, 0.4) is 0 Å². The predicted octanol–water partition coefficient (Wildman–Crippen LogP) is 3.52. The van der Waals surface area contributed by atoms with E-state index in [1.54, 1.807) is 43.5 Å². The SMILES string of the molecule is Cc1nnc(-c2cnc(Nc3ccc4c(c3)C=CCS4(=O)=O)nc2N[C@H](CO)c2ccccc2)o1. The summed E-state index contributed by atoms with van der Waals surface area (Å²) in [7, 11) is -3.32. The van der Waals surface area contributed by atoms with Crippen molar-refractivity contribution < 1.29 is 17.9 Å². The molecule has 35 heavy (non-hydrogen) atoms. The summed E-state index contributed by atoms with van der Waals surface area (Å²) in [5.41, 5.74) is 2.57. The second-order valence-electron chi connectivity index (χ2n) is 7.93. The van der Waals surface area contributed by atoms with Gasteiger partial charge < -0.3 is 20.2 Å². The van der Waals surface area contributed by atoms with Crippen molar-refractivity contribution in [3.05, 3.63) is 77.8 Å². The molecule has 0 spiro atoms. The maximum absolute atomic E-state index is 12.3. The van der Waals surface area contributed by atoms with E-state index in [1.807, 2.05) is 30.3 Å². The Hall–Kier alpha value is -4.09. The van der Waals surface area contributed by atoms with E-state index in [4.69, 9.17) is 4.42 Å². The van der Waals surface area contributed by atoms with Crippen LogP contribution < -0.4 is 10.6 Å². The van der Waals surface area contributed by atoms with Crippen molar-refractivity contribution in [1.29, 1.82) is 0 Å². The van der Waals surface area contributed by atoms with Crippen LogP contribution in [0.5, 0.6) is 0 Å². The number of aryl methyl sites for hydroxylation is 1. The molecule has 1 aliphatic rings. The number of hydrogen-bond acceptors (Lipinski definition) is 10. The Labute approximate surface area is 201 Å². The van der Waals surface area contributed by atoms with Gasteiger partial charge in [-0.05, 0) is 29.3 Å². The topological polar surface area (TPSA) is 143 Å². The molecule has 2 aromatic carbocycles. The molecule has 5 rings (SSSR count). The number of aliphatic hydroxyl groups is 1. The first-order chi connectivity index (χ1) is 16.9. The second-order valence-corrected chi connectivity index (χ2v) is 9.94. The third-order valence-electron chi connectivity index (χ3n) is 5.45. The number of nitrogens with one attached hydrogen (secondary N) is 2. The first kappa shape index (κ1) is 22.7. The van der Waals surface area contributed by atoms with Gasteiger partial charge in [-0.25, -0.2) is 13.4 Å². The lowest BCUT2D eigenvalue weighted by molar-refractivity contribution is 0.276. The lowest BCUT2D eigenvalue weighted by Gasteiger charge is -2.19. The van der Waals surface area contributed by atoms with Crippen LogP contribution in [0.2, 0.25) is 0 Å². The summed E-state index contributed by atoms with van der Waals surface area (Å²) < 4.78 is 30.1. The smallest absolute Gasteiger partial charge is 0.253 e. The van der Waals surface area contributed by atoms with E-state index in [9.17, 15) is 13.5 Å². The Morgan fingerprint density at radius 3 is 2.71 bits per heavy atom. The van der Waals surface area contributed by atoms with Crippen molar-refractivity contribution >= 4 is 33.4 Å². The van der Waals surface area contributed by atoms with Gasteiger partial charge in [0.15, 0.2) is 9.84 Å². The highest BCUT2D eigenvalue weighted by atomic mass is 32.2. The Bertz CT molecular complexity index is 1500. The molecular weight excluding hydrogens is 468 g/mol. The zero-order chi connectivity index (χ0) is 24.4. The van der Waals surface area contributed by atoms with E-state index in [0.717, 1.165) is 5.56 Å². The molecule has 3 heterocycles. The number of fused-ring (bicyclic) bond motifs is 1. The van der Waals surface area contributed by atoms with E-state index < -0.39 is 15.9 Å². The first-order valence-electron chi connectivity index (χ1n) is 10.8. The summed E-state index contributed by atoms with van der Waals surface area (Å²) in [6.07, 6.45) is 4.95. The minimum atomic E-state index is -3.32. The molecule has 0 aliphatic carbocycles. The molecule has 0 unspecified atom stereocenters. The molecule has 0 radical (unpaired) electrons. The number of nitrogens with zero attached hydrogens (tertiary/aromatic N) is 4. The van der Waals surface area contributed by atoms with Crippen molar-refractivity contribution in [2.45, 2.75) is 17.9 Å². The molecule has 0 saturated heterocycles. The fraction of sp³-hybridized carbons (Fsp3) is 0.167. The van der Waals surface area contributed by atoms with Gasteiger partial charge in [0, 0.05) is 18.8 Å². The maximum Gasteiger partial charge on any atom is 0.253 e. The third-order valence-corrected chi connectivity index (χ3v) is 7.13. The van der Waals surface area contributed by atoms with E-state index in [1.165, 1.54) is 0 Å². The molecule has 0 amide bonds. The van der Waals surface area contributed by atoms with Gasteiger partial charge in [-0.1, -0.05) is 42.5 Å². The van der Waals surface area contributed by atoms with E-state index in [2.05, 4.69) is 30.8 Å². The molecule has 10 nitrogen and oxygen atoms in total. The summed E-state index contributed by atoms with van der Waals surface area (Å²) in [5, 5.41) is 24.4. The van der Waals surface area contributed by atoms with Crippen LogP contribution in [0.1, 0.15) is 23.1 Å². The highest BCUT2D eigenvalue weighted by Gasteiger charge is 2.21. The van der Waals surface area contributed by atoms with E-state index >= 15 is 0 Å². The molecule has 178 valence electrons. The Balaban J connectivity index is 1.49. The van der Waals surface area contributed by atoms with Crippen LogP contribution in [-0.2, 0) is 9.84 Å². The average Bonchev–Trinajstić information content (AvgIpc) is 3.29. The molecule has 3 N–H and O–H groups in total. The Morgan fingerprint density at radius 2 is 1.97 bits per heavy atom. The zero-order valence-corrected chi connectivity index (χ0v) is 19.5. The highest BCUT2D eigenvalue weighted by molar-refractivity contribution is 7.91. The largest absolute Gasteiger partial charge is 0.421 e. The minimum absolute atomic E-state index is 0.00500. The van der Waals surface area contributed by atoms with Gasteiger partial charge in [0.1, 0.15) is 5.82 Å². The number of benzene rings is 2. The van der Waals surface area contributed by atoms with Crippen molar-refractivity contribution in [3.8, 4) is 11.5 Å². The fourth-order valence-electron chi connectivity index (χ4n) is 3.76. The molecule has 0 saturated carbocycles. The molecule has 0 bridgehead atoms. The summed E-state index contributed by atoms with van der Waals surface area (Å²) in [6, 6.07) is 14.0. The molecule has 11 heteroatoms. The van der Waals surface area contributed by atoms with Gasteiger partial charge in [0.25, 0.3) is 5.89 Å². The van der Waals surface area contributed by atoms with E-state index in [-0.39, 0.29) is 24.2 Å². The van der Waals surface area contributed by atoms with Crippen LogP contribution in [0.25, 0.3) is 17.5 Å². The third kappa shape index (κ3) is 4.77. The quantitative estimate of drug-likeness (QED) is 0.352. The molecule has 4 aromatic rings. The van der Waals surface area contributed by atoms with Gasteiger partial charge in [-0.3, -0.25) is 0 Å². The van der Waals surface area contributed by atoms with Crippen LogP contribution in [-0.4, -0.2) is 46.0 Å². The number of sulfone groups is 1. The van der Waals surface area contributed by atoms with Crippen LogP contribution >= 0.6 is 0 Å². The number of rotatable bonds is 7. The Morgan fingerprint density at radius 1 is 1.14 bits per heavy atom. The zero-order valence-electron chi connectivity index (χ0n) is 18.7. The molecule has 1 aliphatic heterocycles. The van der Waals surface area contributed by atoms with Crippen molar-refractivity contribution in [2.24, 2.45) is 0 Å². The van der Waals surface area contributed by atoms with Crippen LogP contribution in [0.4, 0.5) is 17.5 Å². The molecule has 1 atom stereocenters. The van der Waals surface area contributed by atoms with Crippen molar-refractivity contribution in [1.82, 2.24) is 20.2 Å². The number of aliphatic hydroxyl groups excluding tert-OH is 1. The first-order valence-corrected chi connectivity index (χ1v) is 12.5. The predicted molar refractivity (Wildman–Crippen MR) is 131 cm³/mol. The van der Waals surface area contributed by atoms with Crippen LogP contribution in [0, 0.1) is 6.92 Å². The van der Waals surface area contributed by atoms with E-state index in [0.29, 0.717) is 33.4 Å². The second kappa shape index (κ2) is 9.28. The molecule has 2 aromatic heterocycles. The normalized spacial score (nSPS) is 14.8. The molecule has 0 fully saturated rings. The van der Waals surface area contributed by atoms with Gasteiger partial charge in [-0.2, -0.15) is 4.98 Å². The molecular formula is C24H22N6O4S. The summed E-state index contributed by atoms with van der Waals surface area (Å²) in [5.74, 6) is 1.28. The van der Waals surface area contributed by atoms with Crippen molar-refractivity contribution in [2.75, 3.05) is 23.0 Å². The highest BCUT2D eigenvalue weighted by Crippen LogP contribution is 2.31. The van der Waals surface area contributed by atoms with Gasteiger partial charge in [0.2, 0.25) is 11.8 Å². The number of anilines is 3. The van der Waals surface area contributed by atoms with Crippen molar-refractivity contribution in [3.63, 3.8) is 0 Å². The van der Waals surface area contributed by atoms with Gasteiger partial charge >= 0.3 is 0 Å². The van der Waals surface area contributed by atoms with Gasteiger partial charge in [-0.15, -0.1) is 10.2 Å². The summed E-state index contributed by atoms with van der Waals surface area (Å²) >= 11 is 0. The monoisotopic (exact) mass is 490 g/mol. The average molecular weight is 491 g/mol. The summed E-state index contributed by atoms with van der Waals surface area (Å²) in [6.45, 7) is 1.51. The maximum atomic E-state index is 12.3. The summed E-state index contributed by atoms with van der Waals surface area (Å²) in [4.78, 5) is 9.27. The fourth-order valence-corrected chi connectivity index (χ4v) is 5.05. The number of aromatic nitrogens is 4. The lowest BCUT2D eigenvalue weighted by atomic mass is 10.1. The minimum Gasteiger partial charge on any atom is -0.421 e. The lowest BCUT2D eigenvalue weighted by Crippen LogP contribution is -2.17. The van der Waals surface area contributed by atoms with Gasteiger partial charge in [0.05, 0.1) is 28.9 Å². The van der Waals surface area contributed by atoms with Crippen LogP contribution in [0.15, 0.2) is 70.1 Å². The Kier molecular flexibility index (Phi) is 6.01.